The van der Waals surface area contributed by atoms with Crippen LogP contribution in [-0.4, -0.2) is 61.3 Å². The topological polar surface area (TPSA) is 115 Å². The zero-order chi connectivity index (χ0) is 35.3. The van der Waals surface area contributed by atoms with Crippen LogP contribution in [0, 0.1) is 6.92 Å². The number of rotatable bonds is 7. The van der Waals surface area contributed by atoms with E-state index in [-0.39, 0.29) is 5.96 Å². The molecule has 1 atom stereocenters. The molecule has 1 aromatic carbocycles. The Bertz CT molecular complexity index is 1600. The second kappa shape index (κ2) is 15.1. The Labute approximate surface area is 286 Å². The van der Waals surface area contributed by atoms with Crippen molar-refractivity contribution >= 4 is 29.1 Å². The Morgan fingerprint density at radius 1 is 1.14 bits per heavy atom. The summed E-state index contributed by atoms with van der Waals surface area (Å²) in [6.07, 6.45) is 2.16. The van der Waals surface area contributed by atoms with Crippen LogP contribution < -0.4 is 25.6 Å². The number of hydrogen-bond acceptors (Lipinski definition) is 7. The van der Waals surface area contributed by atoms with Gasteiger partial charge in [0.2, 0.25) is 5.88 Å². The third kappa shape index (κ3) is 9.68. The molecule has 13 heteroatoms. The SMILES string of the molecule is CCC1=C(N=C(N)Nc2ccc(CC3=CCCC(OC(F)(F)F)CC3)cc2)CN(c2cnc3c(c2C)N(C(=O)OC(C)(C)C)CCO3)CC1. The fourth-order valence-corrected chi connectivity index (χ4v) is 6.46. The molecule has 0 radical (unpaired) electrons. The van der Waals surface area contributed by atoms with E-state index in [9.17, 15) is 18.0 Å². The molecule has 3 N–H and O–H groups in total. The Balaban J connectivity index is 1.24. The second-order valence-corrected chi connectivity index (χ2v) is 13.6. The van der Waals surface area contributed by atoms with E-state index in [4.69, 9.17) is 20.2 Å². The van der Waals surface area contributed by atoms with Crippen LogP contribution >= 0.6 is 0 Å². The lowest BCUT2D eigenvalue weighted by Gasteiger charge is -2.36. The summed E-state index contributed by atoms with van der Waals surface area (Å²) in [4.78, 5) is 26.3. The van der Waals surface area contributed by atoms with Crippen LogP contribution in [0.2, 0.25) is 0 Å². The number of guanidine groups is 1. The third-order valence-corrected chi connectivity index (χ3v) is 8.81. The Hall–Kier alpha value is -4.26. The summed E-state index contributed by atoms with van der Waals surface area (Å²) in [7, 11) is 0. The standard InChI is InChI=1S/C36H47F3N6O4/c1-6-26-16-17-44(30-21-41-32-31(23(30)2)45(18-19-47-32)34(46)49-35(3,4)5)22-29(26)43-33(40)42-27-13-10-25(11-14-27)20-24-8-7-9-28(15-12-24)48-36(37,38)39/h8,10-11,13-14,21,28H,6-7,9,12,15-20,22H2,1-5H3,(H3,40,42,43). The maximum Gasteiger partial charge on any atom is 0.522 e. The van der Waals surface area contributed by atoms with Crippen LogP contribution in [0.1, 0.15) is 77.3 Å². The van der Waals surface area contributed by atoms with Gasteiger partial charge in [0.25, 0.3) is 0 Å². The van der Waals surface area contributed by atoms with E-state index in [2.05, 4.69) is 26.9 Å². The molecule has 0 bridgehead atoms. The van der Waals surface area contributed by atoms with Gasteiger partial charge in [-0.2, -0.15) is 0 Å². The number of alkyl halides is 3. The first-order chi connectivity index (χ1) is 23.2. The van der Waals surface area contributed by atoms with Crippen LogP contribution in [0.4, 0.5) is 35.0 Å². The smallest absolute Gasteiger partial charge is 0.474 e. The summed E-state index contributed by atoms with van der Waals surface area (Å²) >= 11 is 0. The molecule has 1 amide bonds. The van der Waals surface area contributed by atoms with E-state index in [0.29, 0.717) is 63.4 Å². The van der Waals surface area contributed by atoms with E-state index in [1.807, 2.05) is 58.0 Å². The molecule has 2 aliphatic heterocycles. The minimum atomic E-state index is -4.60. The fraction of sp³-hybridized carbons (Fsp3) is 0.528. The van der Waals surface area contributed by atoms with Crippen LogP contribution in [-0.2, 0) is 15.9 Å². The van der Waals surface area contributed by atoms with E-state index >= 15 is 0 Å². The number of carbonyl (C=O) groups is 1. The number of nitrogens with one attached hydrogen (secondary N) is 1. The fourth-order valence-electron chi connectivity index (χ4n) is 6.46. The van der Waals surface area contributed by atoms with Gasteiger partial charge in [-0.1, -0.05) is 30.7 Å². The lowest BCUT2D eigenvalue weighted by molar-refractivity contribution is -0.343. The number of amides is 1. The van der Waals surface area contributed by atoms with Crippen molar-refractivity contribution in [1.29, 1.82) is 0 Å². The number of halogens is 3. The number of aliphatic imine (C=N–C) groups is 1. The highest BCUT2D eigenvalue weighted by atomic mass is 19.4. The Morgan fingerprint density at radius 2 is 1.90 bits per heavy atom. The van der Waals surface area contributed by atoms with Gasteiger partial charge < -0.3 is 25.4 Å². The Morgan fingerprint density at radius 3 is 2.59 bits per heavy atom. The molecule has 10 nitrogen and oxygen atoms in total. The number of fused-ring (bicyclic) bond motifs is 1. The quantitative estimate of drug-likeness (QED) is 0.173. The molecule has 0 fully saturated rings. The van der Waals surface area contributed by atoms with E-state index in [1.54, 1.807) is 11.1 Å². The molecule has 1 aromatic heterocycles. The number of carbonyl (C=O) groups excluding carboxylic acids is 1. The van der Waals surface area contributed by atoms with Gasteiger partial charge >= 0.3 is 12.5 Å². The predicted molar refractivity (Wildman–Crippen MR) is 185 cm³/mol. The minimum Gasteiger partial charge on any atom is -0.474 e. The average Bonchev–Trinajstić information content (AvgIpc) is 3.24. The number of aromatic nitrogens is 1. The van der Waals surface area contributed by atoms with Gasteiger partial charge in [-0.15, -0.1) is 13.2 Å². The molecule has 3 aliphatic rings. The molecule has 0 saturated carbocycles. The molecular weight excluding hydrogens is 637 g/mol. The van der Waals surface area contributed by atoms with Crippen molar-refractivity contribution in [2.45, 2.75) is 97.6 Å². The summed E-state index contributed by atoms with van der Waals surface area (Å²) in [6.45, 7) is 11.6. The number of ether oxygens (including phenoxy) is 3. The summed E-state index contributed by atoms with van der Waals surface area (Å²) in [5.74, 6) is 0.676. The maximum atomic E-state index is 13.1. The molecule has 1 aliphatic carbocycles. The lowest BCUT2D eigenvalue weighted by atomic mass is 10.0. The molecular formula is C36H47F3N6O4. The first-order valence-corrected chi connectivity index (χ1v) is 16.9. The van der Waals surface area contributed by atoms with Gasteiger partial charge in [-0.05, 0) is 95.9 Å². The van der Waals surface area contributed by atoms with Gasteiger partial charge in [-0.25, -0.2) is 14.8 Å². The molecule has 2 aromatic rings. The van der Waals surface area contributed by atoms with Crippen molar-refractivity contribution in [2.24, 2.45) is 10.7 Å². The van der Waals surface area contributed by atoms with Gasteiger partial charge in [0.1, 0.15) is 17.9 Å². The summed E-state index contributed by atoms with van der Waals surface area (Å²) < 4.78 is 53.7. The van der Waals surface area contributed by atoms with Crippen molar-refractivity contribution in [1.82, 2.24) is 4.98 Å². The predicted octanol–water partition coefficient (Wildman–Crippen LogP) is 7.77. The summed E-state index contributed by atoms with van der Waals surface area (Å²) in [5, 5.41) is 3.20. The minimum absolute atomic E-state index is 0.266. The third-order valence-electron chi connectivity index (χ3n) is 8.81. The first kappa shape index (κ1) is 36.0. The normalized spacial score (nSPS) is 19.1. The number of pyridine rings is 1. The van der Waals surface area contributed by atoms with E-state index in [1.165, 1.54) is 5.57 Å². The highest BCUT2D eigenvalue weighted by molar-refractivity contribution is 5.94. The summed E-state index contributed by atoms with van der Waals surface area (Å²) in [5.41, 5.74) is 13.2. The number of nitrogens with two attached hydrogens (primary N) is 1. The number of allylic oxidation sites excluding steroid dienone is 2. The molecule has 3 heterocycles. The molecule has 266 valence electrons. The molecule has 0 spiro atoms. The van der Waals surface area contributed by atoms with Crippen molar-refractivity contribution in [2.75, 3.05) is 41.4 Å². The van der Waals surface area contributed by atoms with Crippen LogP contribution in [0.25, 0.3) is 0 Å². The van der Waals surface area contributed by atoms with Gasteiger partial charge in [0.05, 0.1) is 36.8 Å². The number of benzene rings is 1. The Kier molecular flexibility index (Phi) is 11.1. The van der Waals surface area contributed by atoms with Crippen molar-refractivity contribution in [3.63, 3.8) is 0 Å². The molecule has 5 rings (SSSR count). The number of anilines is 3. The van der Waals surface area contributed by atoms with Crippen LogP contribution in [0.15, 0.2) is 58.4 Å². The van der Waals surface area contributed by atoms with E-state index < -0.39 is 24.2 Å². The monoisotopic (exact) mass is 684 g/mol. The molecule has 49 heavy (non-hydrogen) atoms. The zero-order valence-corrected chi connectivity index (χ0v) is 29.0. The zero-order valence-electron chi connectivity index (χ0n) is 29.0. The van der Waals surface area contributed by atoms with Gasteiger partial charge in [-0.3, -0.25) is 9.64 Å². The molecule has 1 unspecified atom stereocenters. The average molecular weight is 685 g/mol. The van der Waals surface area contributed by atoms with Gasteiger partial charge in [0.15, 0.2) is 5.96 Å². The van der Waals surface area contributed by atoms with Crippen LogP contribution in [0.3, 0.4) is 0 Å². The lowest BCUT2D eigenvalue weighted by Crippen LogP contribution is -2.42. The van der Waals surface area contributed by atoms with Crippen molar-refractivity contribution in [3.8, 4) is 5.88 Å². The molecule has 0 saturated heterocycles. The highest BCUT2D eigenvalue weighted by Gasteiger charge is 2.34. The highest BCUT2D eigenvalue weighted by Crippen LogP contribution is 2.40. The number of hydrogen-bond donors (Lipinski definition) is 2. The largest absolute Gasteiger partial charge is 0.522 e. The maximum absolute atomic E-state index is 13.1. The van der Waals surface area contributed by atoms with Crippen LogP contribution in [0.5, 0.6) is 5.88 Å². The second-order valence-electron chi connectivity index (χ2n) is 13.6. The first-order valence-electron chi connectivity index (χ1n) is 16.9. The number of nitrogens with zero attached hydrogens (tertiary/aromatic N) is 4. The summed E-state index contributed by atoms with van der Waals surface area (Å²) in [6, 6.07) is 7.82. The van der Waals surface area contributed by atoms with Gasteiger partial charge in [0, 0.05) is 17.8 Å². The van der Waals surface area contributed by atoms with E-state index in [0.717, 1.165) is 53.2 Å². The van der Waals surface area contributed by atoms with Crippen molar-refractivity contribution < 1.29 is 32.2 Å². The van der Waals surface area contributed by atoms with Crippen molar-refractivity contribution in [3.05, 3.63) is 64.5 Å².